The summed E-state index contributed by atoms with van der Waals surface area (Å²) in [6, 6.07) is 12.1. The Labute approximate surface area is 190 Å². The minimum atomic E-state index is -0.368. The molecule has 0 aliphatic carbocycles. The first kappa shape index (κ1) is 22.3. The standard InChI is InChI=1S/C24H24FN5O3/c1-16-2-9-22(31)30(28-16)15-23(32)29-12-10-17(11-13-29)21-8-3-18(14-26-21)24(33)27-20-6-4-19(25)5-7-20/h2-9,14,17H,10-13,15H2,1H3,(H,27,33). The Balaban J connectivity index is 1.31. The molecule has 1 aromatic carbocycles. The molecule has 2 aromatic heterocycles. The summed E-state index contributed by atoms with van der Waals surface area (Å²) >= 11 is 0. The Kier molecular flexibility index (Phi) is 6.58. The van der Waals surface area contributed by atoms with Crippen LogP contribution in [0, 0.1) is 12.7 Å². The molecule has 2 amide bonds. The van der Waals surface area contributed by atoms with E-state index in [0.29, 0.717) is 30.0 Å². The minimum absolute atomic E-state index is 0.0682. The summed E-state index contributed by atoms with van der Waals surface area (Å²) in [4.78, 5) is 43.1. The number of anilines is 1. The first-order chi connectivity index (χ1) is 15.9. The van der Waals surface area contributed by atoms with Gasteiger partial charge in [-0.2, -0.15) is 5.10 Å². The maximum atomic E-state index is 13.0. The summed E-state index contributed by atoms with van der Waals surface area (Å²) in [6.07, 6.45) is 3.02. The zero-order valence-electron chi connectivity index (χ0n) is 18.2. The first-order valence-corrected chi connectivity index (χ1v) is 10.7. The number of halogens is 1. The van der Waals surface area contributed by atoms with Gasteiger partial charge in [-0.05, 0) is 62.2 Å². The molecule has 170 valence electrons. The third-order valence-corrected chi connectivity index (χ3v) is 5.70. The van der Waals surface area contributed by atoms with Gasteiger partial charge in [0.05, 0.1) is 11.3 Å². The summed E-state index contributed by atoms with van der Waals surface area (Å²) < 4.78 is 14.2. The molecule has 3 aromatic rings. The Morgan fingerprint density at radius 2 is 1.79 bits per heavy atom. The number of carbonyl (C=O) groups excluding carboxylic acids is 2. The van der Waals surface area contributed by atoms with Crippen LogP contribution in [0.15, 0.2) is 59.5 Å². The molecule has 9 heteroatoms. The smallest absolute Gasteiger partial charge is 0.267 e. The van der Waals surface area contributed by atoms with Gasteiger partial charge in [-0.3, -0.25) is 19.4 Å². The lowest BCUT2D eigenvalue weighted by atomic mass is 9.92. The third kappa shape index (κ3) is 5.49. The van der Waals surface area contributed by atoms with Crippen LogP contribution >= 0.6 is 0 Å². The van der Waals surface area contributed by atoms with Crippen LogP contribution in [0.2, 0.25) is 0 Å². The van der Waals surface area contributed by atoms with Crippen LogP contribution in [0.5, 0.6) is 0 Å². The molecule has 0 unspecified atom stereocenters. The Bertz CT molecular complexity index is 1200. The van der Waals surface area contributed by atoms with Gasteiger partial charge in [-0.15, -0.1) is 0 Å². The first-order valence-electron chi connectivity index (χ1n) is 10.7. The molecule has 1 fully saturated rings. The number of rotatable bonds is 5. The average molecular weight is 449 g/mol. The van der Waals surface area contributed by atoms with Crippen LogP contribution in [-0.2, 0) is 11.3 Å². The Morgan fingerprint density at radius 3 is 2.45 bits per heavy atom. The van der Waals surface area contributed by atoms with Crippen molar-refractivity contribution in [1.82, 2.24) is 19.7 Å². The molecule has 1 N–H and O–H groups in total. The number of amides is 2. The maximum Gasteiger partial charge on any atom is 0.267 e. The highest BCUT2D eigenvalue weighted by Gasteiger charge is 2.25. The van der Waals surface area contributed by atoms with Crippen molar-refractivity contribution in [2.45, 2.75) is 32.2 Å². The van der Waals surface area contributed by atoms with Gasteiger partial charge in [0.1, 0.15) is 12.4 Å². The van der Waals surface area contributed by atoms with E-state index in [1.54, 1.807) is 24.0 Å². The van der Waals surface area contributed by atoms with Crippen molar-refractivity contribution in [3.8, 4) is 0 Å². The van der Waals surface area contributed by atoms with Gasteiger partial charge in [-0.25, -0.2) is 9.07 Å². The lowest BCUT2D eigenvalue weighted by Crippen LogP contribution is -2.41. The Hall–Kier alpha value is -3.88. The van der Waals surface area contributed by atoms with E-state index in [-0.39, 0.29) is 35.7 Å². The van der Waals surface area contributed by atoms with E-state index in [9.17, 15) is 18.8 Å². The second-order valence-electron chi connectivity index (χ2n) is 8.06. The normalized spacial score (nSPS) is 14.2. The predicted molar refractivity (Wildman–Crippen MR) is 120 cm³/mol. The van der Waals surface area contributed by atoms with Crippen molar-refractivity contribution in [3.05, 3.63) is 87.9 Å². The molecule has 1 aliphatic rings. The van der Waals surface area contributed by atoms with Crippen molar-refractivity contribution >= 4 is 17.5 Å². The van der Waals surface area contributed by atoms with Crippen LogP contribution in [-0.4, -0.2) is 44.6 Å². The number of hydrogen-bond donors (Lipinski definition) is 1. The van der Waals surface area contributed by atoms with Crippen molar-refractivity contribution in [2.24, 2.45) is 0 Å². The molecule has 3 heterocycles. The third-order valence-electron chi connectivity index (χ3n) is 5.70. The number of nitrogens with zero attached hydrogens (tertiary/aromatic N) is 4. The summed E-state index contributed by atoms with van der Waals surface area (Å²) in [7, 11) is 0. The molecule has 0 saturated carbocycles. The molecule has 0 radical (unpaired) electrons. The van der Waals surface area contributed by atoms with E-state index in [1.165, 1.54) is 41.2 Å². The lowest BCUT2D eigenvalue weighted by Gasteiger charge is -2.31. The van der Waals surface area contributed by atoms with E-state index in [0.717, 1.165) is 18.5 Å². The molecule has 4 rings (SSSR count). The van der Waals surface area contributed by atoms with Gasteiger partial charge >= 0.3 is 0 Å². The topological polar surface area (TPSA) is 97.2 Å². The number of nitrogens with one attached hydrogen (secondary N) is 1. The van der Waals surface area contributed by atoms with E-state index in [2.05, 4.69) is 15.4 Å². The van der Waals surface area contributed by atoms with Crippen LogP contribution in [0.1, 0.15) is 40.5 Å². The van der Waals surface area contributed by atoms with Crippen LogP contribution < -0.4 is 10.9 Å². The number of pyridine rings is 1. The highest BCUT2D eigenvalue weighted by atomic mass is 19.1. The average Bonchev–Trinajstić information content (AvgIpc) is 2.83. The number of hydrogen-bond acceptors (Lipinski definition) is 5. The lowest BCUT2D eigenvalue weighted by molar-refractivity contribution is -0.133. The zero-order chi connectivity index (χ0) is 23.4. The van der Waals surface area contributed by atoms with Gasteiger partial charge in [0.15, 0.2) is 0 Å². The second-order valence-corrected chi connectivity index (χ2v) is 8.06. The molecule has 0 bridgehead atoms. The minimum Gasteiger partial charge on any atom is -0.341 e. The number of carbonyl (C=O) groups is 2. The second kappa shape index (κ2) is 9.72. The van der Waals surface area contributed by atoms with E-state index in [1.807, 2.05) is 6.07 Å². The van der Waals surface area contributed by atoms with Crippen LogP contribution in [0.25, 0.3) is 0 Å². The fourth-order valence-corrected chi connectivity index (χ4v) is 3.83. The zero-order valence-corrected chi connectivity index (χ0v) is 18.2. The quantitative estimate of drug-likeness (QED) is 0.646. The van der Waals surface area contributed by atoms with E-state index < -0.39 is 0 Å². The largest absolute Gasteiger partial charge is 0.341 e. The molecule has 0 spiro atoms. The van der Waals surface area contributed by atoms with Gasteiger partial charge < -0.3 is 10.2 Å². The van der Waals surface area contributed by atoms with Crippen LogP contribution in [0.3, 0.4) is 0 Å². The van der Waals surface area contributed by atoms with Gasteiger partial charge in [0, 0.05) is 42.7 Å². The van der Waals surface area contributed by atoms with Gasteiger partial charge in [0.25, 0.3) is 11.5 Å². The van der Waals surface area contributed by atoms with Gasteiger partial charge in [0.2, 0.25) is 5.91 Å². The Morgan fingerprint density at radius 1 is 1.06 bits per heavy atom. The van der Waals surface area contributed by atoms with Gasteiger partial charge in [-0.1, -0.05) is 0 Å². The molecule has 1 aliphatic heterocycles. The van der Waals surface area contributed by atoms with Crippen molar-refractivity contribution in [1.29, 1.82) is 0 Å². The van der Waals surface area contributed by atoms with Crippen molar-refractivity contribution in [3.63, 3.8) is 0 Å². The number of aromatic nitrogens is 3. The molecular weight excluding hydrogens is 425 g/mol. The summed E-state index contributed by atoms with van der Waals surface area (Å²) in [5.41, 5.74) is 2.17. The van der Waals surface area contributed by atoms with Crippen molar-refractivity contribution in [2.75, 3.05) is 18.4 Å². The SMILES string of the molecule is Cc1ccc(=O)n(CC(=O)N2CCC(c3ccc(C(=O)Nc4ccc(F)cc4)cn3)CC2)n1. The summed E-state index contributed by atoms with van der Waals surface area (Å²) in [5, 5.41) is 6.83. The summed E-state index contributed by atoms with van der Waals surface area (Å²) in [5.74, 6) is -0.633. The highest BCUT2D eigenvalue weighted by Crippen LogP contribution is 2.27. The number of aryl methyl sites for hydroxylation is 1. The maximum absolute atomic E-state index is 13.0. The molecule has 8 nitrogen and oxygen atoms in total. The predicted octanol–water partition coefficient (Wildman–Crippen LogP) is 2.74. The number of likely N-dealkylation sites (tertiary alicyclic amines) is 1. The van der Waals surface area contributed by atoms with Crippen LogP contribution in [0.4, 0.5) is 10.1 Å². The fourth-order valence-electron chi connectivity index (χ4n) is 3.83. The van der Waals surface area contributed by atoms with E-state index in [4.69, 9.17) is 0 Å². The monoisotopic (exact) mass is 449 g/mol. The molecule has 33 heavy (non-hydrogen) atoms. The highest BCUT2D eigenvalue weighted by molar-refractivity contribution is 6.04. The number of piperidine rings is 1. The molecule has 0 atom stereocenters. The molecular formula is C24H24FN5O3. The number of benzene rings is 1. The molecule has 1 saturated heterocycles. The van der Waals surface area contributed by atoms with Crippen molar-refractivity contribution < 1.29 is 14.0 Å². The van der Waals surface area contributed by atoms with E-state index >= 15 is 0 Å². The fraction of sp³-hybridized carbons (Fsp3) is 0.292. The summed E-state index contributed by atoms with van der Waals surface area (Å²) in [6.45, 7) is 2.84.